The van der Waals surface area contributed by atoms with Gasteiger partial charge in [0.25, 0.3) is 0 Å². The molecular formula is C70H56B2O8. The highest BCUT2D eigenvalue weighted by Crippen LogP contribution is 2.65. The summed E-state index contributed by atoms with van der Waals surface area (Å²) in [4.78, 5) is 0. The molecule has 8 nitrogen and oxygen atoms in total. The van der Waals surface area contributed by atoms with Crippen LogP contribution in [-0.2, 0) is 24.0 Å². The number of rotatable bonds is 12. The van der Waals surface area contributed by atoms with Crippen molar-refractivity contribution < 1.29 is 37.6 Å². The molecule has 6 aromatic rings. The predicted octanol–water partition coefficient (Wildman–Crippen LogP) is 11.3. The summed E-state index contributed by atoms with van der Waals surface area (Å²) in [7, 11) is -0.936. The molecule has 0 unspecified atom stereocenters. The van der Waals surface area contributed by atoms with Crippen LogP contribution in [0.3, 0.4) is 0 Å². The Morgan fingerprint density at radius 2 is 0.825 bits per heavy atom. The van der Waals surface area contributed by atoms with Gasteiger partial charge in [0.1, 0.15) is 25.4 Å². The van der Waals surface area contributed by atoms with Gasteiger partial charge in [-0.3, -0.25) is 0 Å². The topological polar surface area (TPSA) is 73.8 Å². The molecule has 80 heavy (non-hydrogen) atoms. The number of ether oxygens (including phenoxy) is 4. The Morgan fingerprint density at radius 3 is 1.26 bits per heavy atom. The van der Waals surface area contributed by atoms with Crippen LogP contribution in [0.4, 0.5) is 0 Å². The van der Waals surface area contributed by atoms with E-state index in [1.54, 1.807) is 6.92 Å². The molecule has 0 saturated carbocycles. The molecule has 0 bridgehead atoms. The van der Waals surface area contributed by atoms with E-state index in [4.69, 9.17) is 56.8 Å². The molecule has 10 rings (SSSR count). The largest absolute Gasteiger partial charge is 0.494 e. The minimum absolute atomic E-state index is 0.00968. The van der Waals surface area contributed by atoms with E-state index in [1.807, 2.05) is 24.3 Å². The first-order chi connectivity index (χ1) is 38.4. The summed E-state index contributed by atoms with van der Waals surface area (Å²) in [6.07, 6.45) is 30.5. The van der Waals surface area contributed by atoms with Crippen molar-refractivity contribution in [3.05, 3.63) is 154 Å². The lowest BCUT2D eigenvalue weighted by Gasteiger charge is -2.32. The van der Waals surface area contributed by atoms with Gasteiger partial charge in [0.2, 0.25) is 0 Å². The van der Waals surface area contributed by atoms with Crippen molar-refractivity contribution in [2.45, 2.75) is 90.1 Å². The molecule has 2 aliphatic carbocycles. The number of terminal acetylenes is 3. The molecule has 2 fully saturated rings. The third kappa shape index (κ3) is 10.0. The lowest BCUT2D eigenvalue weighted by molar-refractivity contribution is 0.00578. The van der Waals surface area contributed by atoms with Crippen molar-refractivity contribution in [3.63, 3.8) is 0 Å². The third-order valence-corrected chi connectivity index (χ3v) is 15.8. The summed E-state index contributed by atoms with van der Waals surface area (Å²) < 4.78 is 50.3. The van der Waals surface area contributed by atoms with E-state index in [1.165, 1.54) is 0 Å². The summed E-state index contributed by atoms with van der Waals surface area (Å²) in [6, 6.07) is 37.5. The highest BCUT2D eigenvalue weighted by Gasteiger charge is 2.55. The highest BCUT2D eigenvalue weighted by atomic mass is 16.7. The minimum atomic E-state index is -1.02. The van der Waals surface area contributed by atoms with Gasteiger partial charge in [-0.2, -0.15) is 0 Å². The van der Waals surface area contributed by atoms with E-state index in [-0.39, 0.29) is 19.0 Å². The summed E-state index contributed by atoms with van der Waals surface area (Å²) in [6.45, 7) is 18.1. The predicted molar refractivity (Wildman–Crippen MR) is 320 cm³/mol. The van der Waals surface area contributed by atoms with Gasteiger partial charge in [0, 0.05) is 5.92 Å². The molecule has 6 aromatic carbocycles. The molecule has 0 N–H and O–H groups in total. The van der Waals surface area contributed by atoms with Crippen molar-refractivity contribution in [3.8, 4) is 130 Å². The minimum Gasteiger partial charge on any atom is -0.477 e. The lowest BCUT2D eigenvalue weighted by atomic mass is 9.70. The van der Waals surface area contributed by atoms with Crippen LogP contribution in [0.1, 0.15) is 107 Å². The fourth-order valence-corrected chi connectivity index (χ4v) is 10.4. The van der Waals surface area contributed by atoms with Crippen LogP contribution in [0.15, 0.2) is 109 Å². The standard InChI is InChI=1S/C70H56B2O8/c1-13-17-20-39-74-62-44-56-57-45-63(75-40-21-18-14-2)65(76-41-22-19-15-3)47-61(57)70(60(56)46-64(62)73-16-4)58-42-50(25-23-48-27-33-52(34-28-48)71-77-66(5,6)67(7,8)78-71)31-37-54(58)55-38-32-51(43-59(55)70)26-24-49-29-35-53(36-30-49)72-79-68(9,10)69(11,12)80-72/h2-4,23-38,42-47H,40-41H2,1,5-12H3/b25-23+,26-24+. The molecule has 0 radical (unpaired) electrons. The van der Waals surface area contributed by atoms with Gasteiger partial charge in [-0.25, -0.2) is 0 Å². The van der Waals surface area contributed by atoms with E-state index in [9.17, 15) is 0 Å². The Morgan fingerprint density at radius 1 is 0.438 bits per heavy atom. The van der Waals surface area contributed by atoms with Crippen LogP contribution in [0.5, 0.6) is 23.0 Å². The second-order valence-corrected chi connectivity index (χ2v) is 21.6. The van der Waals surface area contributed by atoms with Crippen LogP contribution in [0.25, 0.3) is 46.6 Å². The van der Waals surface area contributed by atoms with Crippen LogP contribution in [0.2, 0.25) is 0 Å². The number of hydrogen-bond acceptors (Lipinski definition) is 8. The Balaban J connectivity index is 1.14. The van der Waals surface area contributed by atoms with Gasteiger partial charge in [-0.1, -0.05) is 109 Å². The quantitative estimate of drug-likeness (QED) is 0.0681. The zero-order valence-electron chi connectivity index (χ0n) is 46.3. The number of fused-ring (bicyclic) bond motifs is 10. The van der Waals surface area contributed by atoms with Gasteiger partial charge in [0.15, 0.2) is 23.0 Å². The normalized spacial score (nSPS) is 16.4. The number of benzene rings is 6. The molecule has 390 valence electrons. The number of hydrogen-bond donors (Lipinski definition) is 0. The molecule has 2 heterocycles. The summed E-state index contributed by atoms with van der Waals surface area (Å²) in [5, 5.41) is 0. The Kier molecular flexibility index (Phi) is 14.7. The van der Waals surface area contributed by atoms with Crippen LogP contribution in [0, 0.1) is 84.8 Å². The van der Waals surface area contributed by atoms with Crippen LogP contribution < -0.4 is 29.9 Å². The third-order valence-electron chi connectivity index (χ3n) is 15.8. The average molecular weight is 1050 g/mol. The van der Waals surface area contributed by atoms with Crippen molar-refractivity contribution in [2.24, 2.45) is 0 Å². The van der Waals surface area contributed by atoms with Crippen molar-refractivity contribution >= 4 is 49.5 Å². The van der Waals surface area contributed by atoms with Gasteiger partial charge < -0.3 is 37.6 Å². The van der Waals surface area contributed by atoms with E-state index in [2.05, 4.69) is 230 Å². The SMILES string of the molecule is C#CC#CCOc1cc2c(cc1OCC#CC#C)C1(c3cc(/C=C/c4ccc(B5OC(C)(C)C(C)(C)O5)cc4)ccc3-c3ccc(/C=C/c4ccc(B5OC(C)(C)C(C)(C)O5)cc4)cc31)c1cc(OC#C)c(OC#CC#CC)cc1-2. The van der Waals surface area contributed by atoms with Gasteiger partial charge >= 0.3 is 14.2 Å². The summed E-state index contributed by atoms with van der Waals surface area (Å²) in [5.41, 5.74) is 10.5. The molecule has 0 atom stereocenters. The Bertz CT molecular complexity index is 3770. The van der Waals surface area contributed by atoms with E-state index in [0.717, 1.165) is 77.7 Å². The molecule has 10 heteroatoms. The molecule has 2 aliphatic heterocycles. The zero-order chi connectivity index (χ0) is 56.5. The van der Waals surface area contributed by atoms with Gasteiger partial charge in [0.05, 0.1) is 27.8 Å². The first-order valence-corrected chi connectivity index (χ1v) is 26.2. The maximum atomic E-state index is 6.46. The van der Waals surface area contributed by atoms with Crippen LogP contribution in [-0.4, -0.2) is 49.9 Å². The first-order valence-electron chi connectivity index (χ1n) is 26.2. The van der Waals surface area contributed by atoms with Crippen molar-refractivity contribution in [1.29, 1.82) is 0 Å². The zero-order valence-corrected chi connectivity index (χ0v) is 46.3. The molecule has 0 amide bonds. The monoisotopic (exact) mass is 1050 g/mol. The van der Waals surface area contributed by atoms with Crippen molar-refractivity contribution in [2.75, 3.05) is 13.2 Å². The van der Waals surface area contributed by atoms with Gasteiger partial charge in [-0.05, 0) is 218 Å². The Labute approximate surface area is 471 Å². The average Bonchev–Trinajstić information content (AvgIpc) is 4.23. The first kappa shape index (κ1) is 54.3. The fraction of sp³-hybridized carbons (Fsp3) is 0.229. The van der Waals surface area contributed by atoms with Crippen LogP contribution >= 0.6 is 0 Å². The Hall–Kier alpha value is -9.11. The fourth-order valence-electron chi connectivity index (χ4n) is 10.4. The summed E-state index contributed by atoms with van der Waals surface area (Å²) in [5.74, 6) is 25.5. The van der Waals surface area contributed by atoms with Crippen molar-refractivity contribution in [1.82, 2.24) is 0 Å². The van der Waals surface area contributed by atoms with Gasteiger partial charge in [-0.15, -0.1) is 12.8 Å². The molecule has 1 spiro atoms. The second-order valence-electron chi connectivity index (χ2n) is 21.6. The second kappa shape index (κ2) is 21.6. The summed E-state index contributed by atoms with van der Waals surface area (Å²) >= 11 is 0. The molecule has 4 aliphatic rings. The van der Waals surface area contributed by atoms with E-state index < -0.39 is 42.1 Å². The smallest absolute Gasteiger partial charge is 0.477 e. The van der Waals surface area contributed by atoms with E-state index >= 15 is 0 Å². The maximum Gasteiger partial charge on any atom is 0.494 e. The molecular weight excluding hydrogens is 990 g/mol. The lowest BCUT2D eigenvalue weighted by Crippen LogP contribution is -2.41. The molecule has 2 saturated heterocycles. The molecule has 0 aromatic heterocycles. The highest BCUT2D eigenvalue weighted by molar-refractivity contribution is 6.62. The maximum absolute atomic E-state index is 6.46. The van der Waals surface area contributed by atoms with E-state index in [0.29, 0.717) is 17.2 Å².